The number of nitrogens with zero attached hydrogens (tertiary/aromatic N) is 4. The zero-order chi connectivity index (χ0) is 22.3. The highest BCUT2D eigenvalue weighted by Gasteiger charge is 2.32. The third-order valence-corrected chi connectivity index (χ3v) is 4.82. The van der Waals surface area contributed by atoms with E-state index in [9.17, 15) is 13.2 Å². The van der Waals surface area contributed by atoms with E-state index in [1.54, 1.807) is 6.08 Å². The van der Waals surface area contributed by atoms with E-state index in [2.05, 4.69) is 21.7 Å². The molecule has 0 aliphatic rings. The summed E-state index contributed by atoms with van der Waals surface area (Å²) in [4.78, 5) is 8.58. The van der Waals surface area contributed by atoms with Gasteiger partial charge >= 0.3 is 6.18 Å². The highest BCUT2D eigenvalue weighted by molar-refractivity contribution is 6.33. The number of alkyl halides is 3. The van der Waals surface area contributed by atoms with Crippen LogP contribution in [0.25, 0.3) is 28.6 Å². The Morgan fingerprint density at radius 1 is 1.16 bits per heavy atom. The third kappa shape index (κ3) is 4.00. The van der Waals surface area contributed by atoms with Crippen molar-refractivity contribution in [3.05, 3.63) is 65.0 Å². The molecular formula is C21H16ClF3N4O2. The van der Waals surface area contributed by atoms with Crippen molar-refractivity contribution >= 4 is 17.2 Å². The maximum atomic E-state index is 13.0. The molecule has 4 rings (SSSR count). The number of halogens is 4. The predicted molar refractivity (Wildman–Crippen MR) is 109 cm³/mol. The first-order chi connectivity index (χ1) is 14.7. The van der Waals surface area contributed by atoms with Gasteiger partial charge in [0.1, 0.15) is 18.1 Å². The highest BCUT2D eigenvalue weighted by atomic mass is 35.5. The fourth-order valence-electron chi connectivity index (χ4n) is 3.21. The van der Waals surface area contributed by atoms with Crippen molar-refractivity contribution in [2.75, 3.05) is 6.61 Å². The zero-order valence-electron chi connectivity index (χ0n) is 16.5. The molecule has 160 valence electrons. The summed E-state index contributed by atoms with van der Waals surface area (Å²) in [5.41, 5.74) is 1.96. The lowest BCUT2D eigenvalue weighted by Crippen LogP contribution is -2.06. The van der Waals surface area contributed by atoms with Crippen LogP contribution in [0.2, 0.25) is 5.02 Å². The molecule has 0 N–H and O–H groups in total. The van der Waals surface area contributed by atoms with E-state index in [0.717, 1.165) is 29.1 Å². The Labute approximate surface area is 179 Å². The average molecular weight is 449 g/mol. The van der Waals surface area contributed by atoms with Gasteiger partial charge in [-0.15, -0.1) is 0 Å². The van der Waals surface area contributed by atoms with Crippen LogP contribution in [0.15, 0.2) is 47.8 Å². The lowest BCUT2D eigenvalue weighted by atomic mass is 10.1. The molecule has 0 atom stereocenters. The summed E-state index contributed by atoms with van der Waals surface area (Å²) in [6.45, 7) is 7.83. The molecule has 3 aromatic heterocycles. The smallest absolute Gasteiger partial charge is 0.417 e. The van der Waals surface area contributed by atoms with Crippen molar-refractivity contribution in [1.82, 2.24) is 19.5 Å². The molecule has 0 spiro atoms. The number of benzene rings is 1. The second kappa shape index (κ2) is 7.73. The Morgan fingerprint density at radius 3 is 2.52 bits per heavy atom. The lowest BCUT2D eigenvalue weighted by Gasteiger charge is -2.11. The standard InChI is InChI=1S/C21H16ClF3N4O2/c1-4-5-30-17-11(2)6-13(7-12(17)3)18-27-20(31-28-18)16-10-29-9-14(21(23,24)25)8-15(22)19(29)26-16/h4,6-10H,1,5H2,2-3H3. The van der Waals surface area contributed by atoms with Gasteiger partial charge in [-0.2, -0.15) is 18.2 Å². The molecule has 0 radical (unpaired) electrons. The molecule has 0 saturated heterocycles. The number of pyridine rings is 1. The van der Waals surface area contributed by atoms with Gasteiger partial charge in [0.05, 0.1) is 10.6 Å². The zero-order valence-corrected chi connectivity index (χ0v) is 17.3. The highest BCUT2D eigenvalue weighted by Crippen LogP contribution is 2.34. The average Bonchev–Trinajstić information content (AvgIpc) is 3.34. The first-order valence-electron chi connectivity index (χ1n) is 9.12. The van der Waals surface area contributed by atoms with Crippen molar-refractivity contribution in [1.29, 1.82) is 0 Å². The van der Waals surface area contributed by atoms with Crippen molar-refractivity contribution in [2.45, 2.75) is 20.0 Å². The molecule has 0 fully saturated rings. The number of hydrogen-bond donors (Lipinski definition) is 0. The number of rotatable bonds is 5. The molecule has 1 aromatic carbocycles. The summed E-state index contributed by atoms with van der Waals surface area (Å²) in [6.07, 6.45) is -0.603. The molecule has 0 bridgehead atoms. The Kier molecular flexibility index (Phi) is 5.22. The van der Waals surface area contributed by atoms with Crippen LogP contribution in [0.4, 0.5) is 13.2 Å². The second-order valence-electron chi connectivity index (χ2n) is 6.89. The van der Waals surface area contributed by atoms with E-state index in [1.807, 2.05) is 26.0 Å². The summed E-state index contributed by atoms with van der Waals surface area (Å²) >= 11 is 5.99. The molecular weight excluding hydrogens is 433 g/mol. The predicted octanol–water partition coefficient (Wildman–Crippen LogP) is 5.91. The Balaban J connectivity index is 1.70. The largest absolute Gasteiger partial charge is 0.489 e. The summed E-state index contributed by atoms with van der Waals surface area (Å²) in [5, 5.41) is 3.84. The van der Waals surface area contributed by atoms with Gasteiger partial charge in [-0.1, -0.05) is 29.4 Å². The summed E-state index contributed by atoms with van der Waals surface area (Å²) in [6, 6.07) is 4.54. The van der Waals surface area contributed by atoms with Crippen LogP contribution in [0, 0.1) is 13.8 Å². The van der Waals surface area contributed by atoms with Gasteiger partial charge in [0, 0.05) is 18.0 Å². The summed E-state index contributed by atoms with van der Waals surface area (Å²) in [7, 11) is 0. The number of aromatic nitrogens is 4. The topological polar surface area (TPSA) is 65.5 Å². The number of hydrogen-bond acceptors (Lipinski definition) is 5. The van der Waals surface area contributed by atoms with Crippen LogP contribution >= 0.6 is 11.6 Å². The molecule has 0 unspecified atom stereocenters. The van der Waals surface area contributed by atoms with E-state index in [-0.39, 0.29) is 22.3 Å². The normalized spacial score (nSPS) is 11.8. The van der Waals surface area contributed by atoms with Crippen LogP contribution < -0.4 is 4.74 Å². The van der Waals surface area contributed by atoms with Crippen molar-refractivity contribution < 1.29 is 22.4 Å². The van der Waals surface area contributed by atoms with Gasteiger partial charge in [-0.05, 0) is 43.2 Å². The molecule has 0 aliphatic carbocycles. The number of imidazole rings is 1. The molecule has 0 aliphatic heterocycles. The van der Waals surface area contributed by atoms with E-state index in [4.69, 9.17) is 20.9 Å². The minimum absolute atomic E-state index is 0.0608. The summed E-state index contributed by atoms with van der Waals surface area (Å²) < 4.78 is 51.3. The SMILES string of the molecule is C=CCOc1c(C)cc(-c2noc(-c3cn4cc(C(F)(F)F)cc(Cl)c4n3)n2)cc1C. The maximum Gasteiger partial charge on any atom is 0.417 e. The van der Waals surface area contributed by atoms with Gasteiger partial charge in [-0.25, -0.2) is 4.98 Å². The van der Waals surface area contributed by atoms with Crippen LogP contribution in [-0.4, -0.2) is 26.1 Å². The van der Waals surface area contributed by atoms with Crippen LogP contribution in [0.1, 0.15) is 16.7 Å². The van der Waals surface area contributed by atoms with Gasteiger partial charge in [0.2, 0.25) is 5.82 Å². The first kappa shape index (κ1) is 20.9. The number of ether oxygens (including phenoxy) is 1. The minimum atomic E-state index is -4.53. The first-order valence-corrected chi connectivity index (χ1v) is 9.50. The molecule has 31 heavy (non-hydrogen) atoms. The van der Waals surface area contributed by atoms with E-state index >= 15 is 0 Å². The molecule has 4 aromatic rings. The molecule has 10 heteroatoms. The van der Waals surface area contributed by atoms with Crippen molar-refractivity contribution in [3.8, 4) is 28.7 Å². The van der Waals surface area contributed by atoms with Crippen LogP contribution in [0.3, 0.4) is 0 Å². The van der Waals surface area contributed by atoms with Crippen molar-refractivity contribution in [2.24, 2.45) is 0 Å². The van der Waals surface area contributed by atoms with Crippen LogP contribution in [0.5, 0.6) is 5.75 Å². The van der Waals surface area contributed by atoms with Gasteiger partial charge in [0.25, 0.3) is 5.89 Å². The van der Waals surface area contributed by atoms with Crippen LogP contribution in [-0.2, 0) is 6.18 Å². The Hall–Kier alpha value is -3.33. The second-order valence-corrected chi connectivity index (χ2v) is 7.30. The summed E-state index contributed by atoms with van der Waals surface area (Å²) in [5.74, 6) is 1.13. The van der Waals surface area contributed by atoms with E-state index < -0.39 is 11.7 Å². The fraction of sp³-hybridized carbons (Fsp3) is 0.190. The molecule has 0 saturated carbocycles. The number of aryl methyl sites for hydroxylation is 2. The molecule has 3 heterocycles. The Bertz CT molecular complexity index is 1270. The number of fused-ring (bicyclic) bond motifs is 1. The van der Waals surface area contributed by atoms with Gasteiger partial charge < -0.3 is 13.7 Å². The fourth-order valence-corrected chi connectivity index (χ4v) is 3.47. The molecule has 0 amide bonds. The van der Waals surface area contributed by atoms with E-state index in [0.29, 0.717) is 18.0 Å². The van der Waals surface area contributed by atoms with E-state index in [1.165, 1.54) is 10.6 Å². The third-order valence-electron chi connectivity index (χ3n) is 4.54. The van der Waals surface area contributed by atoms with Crippen molar-refractivity contribution in [3.63, 3.8) is 0 Å². The van der Waals surface area contributed by atoms with Gasteiger partial charge in [0.15, 0.2) is 5.65 Å². The maximum absolute atomic E-state index is 13.0. The monoisotopic (exact) mass is 448 g/mol. The quantitative estimate of drug-likeness (QED) is 0.355. The lowest BCUT2D eigenvalue weighted by molar-refractivity contribution is -0.137. The van der Waals surface area contributed by atoms with Gasteiger partial charge in [-0.3, -0.25) is 0 Å². The minimum Gasteiger partial charge on any atom is -0.489 e. The Morgan fingerprint density at radius 2 is 1.87 bits per heavy atom. The molecule has 6 nitrogen and oxygen atoms in total.